The molecule has 3 heteroatoms. The fraction of sp³-hybridized carbons (Fsp3) is 0. The third-order valence-corrected chi connectivity index (χ3v) is 2.51. The predicted molar refractivity (Wildman–Crippen MR) is 76.9 cm³/mol. The van der Waals surface area contributed by atoms with Gasteiger partial charge in [-0.25, -0.2) is 4.90 Å². The average molecular weight is 253 g/mol. The smallest absolute Gasteiger partial charge is 0.266 e. The third kappa shape index (κ3) is 2.77. The summed E-state index contributed by atoms with van der Waals surface area (Å²) in [4.78, 5) is 25.2. The van der Waals surface area contributed by atoms with Gasteiger partial charge in [0.25, 0.3) is 11.8 Å². The van der Waals surface area contributed by atoms with Gasteiger partial charge in [0.05, 0.1) is 11.3 Å². The third-order valence-electron chi connectivity index (χ3n) is 2.51. The van der Waals surface area contributed by atoms with E-state index in [9.17, 15) is 9.59 Å². The van der Waals surface area contributed by atoms with Crippen molar-refractivity contribution in [3.8, 4) is 0 Å². The lowest BCUT2D eigenvalue weighted by molar-refractivity contribution is -0.134. The Morgan fingerprint density at radius 2 is 1.63 bits per heavy atom. The molecule has 1 aliphatic heterocycles. The molecule has 0 unspecified atom stereocenters. The van der Waals surface area contributed by atoms with Crippen LogP contribution in [0.25, 0.3) is 0 Å². The molecular formula is C16H15NO2. The van der Waals surface area contributed by atoms with Crippen LogP contribution < -0.4 is 0 Å². The number of amides is 2. The van der Waals surface area contributed by atoms with E-state index in [4.69, 9.17) is 0 Å². The van der Waals surface area contributed by atoms with Crippen molar-refractivity contribution in [1.82, 2.24) is 4.90 Å². The number of carbonyl (C=O) groups excluding carboxylic acids is 2. The number of hydrogen-bond acceptors (Lipinski definition) is 2. The summed E-state index contributed by atoms with van der Waals surface area (Å²) < 4.78 is 0. The molecule has 0 radical (unpaired) electrons. The zero-order chi connectivity index (χ0) is 14.4. The molecule has 0 N–H and O–H groups in total. The van der Waals surface area contributed by atoms with Crippen molar-refractivity contribution in [1.29, 1.82) is 0 Å². The highest BCUT2D eigenvalue weighted by molar-refractivity contribution is 6.20. The number of allylic oxidation sites excluding steroid dienone is 6. The summed E-state index contributed by atoms with van der Waals surface area (Å²) in [6.07, 6.45) is 10.4. The Morgan fingerprint density at radius 3 is 2.11 bits per heavy atom. The SMILES string of the molecule is C=C/C=C(\C=C)C1=CC(=O)N(/C(C=C)=C/C=C)C1=O. The summed E-state index contributed by atoms with van der Waals surface area (Å²) in [6.45, 7) is 14.3. The van der Waals surface area contributed by atoms with E-state index in [0.717, 1.165) is 4.90 Å². The molecule has 2 amide bonds. The van der Waals surface area contributed by atoms with Gasteiger partial charge in [0.1, 0.15) is 0 Å². The minimum atomic E-state index is -0.412. The molecule has 0 aromatic carbocycles. The van der Waals surface area contributed by atoms with E-state index in [-0.39, 0.29) is 5.57 Å². The van der Waals surface area contributed by atoms with Gasteiger partial charge in [-0.05, 0) is 17.7 Å². The number of carbonyl (C=O) groups is 2. The van der Waals surface area contributed by atoms with Crippen LogP contribution in [-0.2, 0) is 9.59 Å². The Balaban J connectivity index is 3.23. The molecule has 0 spiro atoms. The van der Waals surface area contributed by atoms with Gasteiger partial charge < -0.3 is 0 Å². The maximum absolute atomic E-state index is 12.3. The fourth-order valence-electron chi connectivity index (χ4n) is 1.67. The van der Waals surface area contributed by atoms with Crippen LogP contribution in [0.3, 0.4) is 0 Å². The zero-order valence-corrected chi connectivity index (χ0v) is 10.6. The van der Waals surface area contributed by atoms with Crippen molar-refractivity contribution in [2.75, 3.05) is 0 Å². The molecule has 0 fully saturated rings. The van der Waals surface area contributed by atoms with E-state index < -0.39 is 11.8 Å². The quantitative estimate of drug-likeness (QED) is 0.539. The summed E-state index contributed by atoms with van der Waals surface area (Å²) in [5, 5.41) is 0. The van der Waals surface area contributed by atoms with Gasteiger partial charge in [-0.1, -0.05) is 50.6 Å². The molecule has 0 aromatic rings. The molecule has 0 saturated heterocycles. The van der Waals surface area contributed by atoms with Gasteiger partial charge in [-0.3, -0.25) is 9.59 Å². The highest BCUT2D eigenvalue weighted by atomic mass is 16.2. The van der Waals surface area contributed by atoms with Gasteiger partial charge in [-0.15, -0.1) is 0 Å². The number of nitrogens with zero attached hydrogens (tertiary/aromatic N) is 1. The molecule has 19 heavy (non-hydrogen) atoms. The lowest BCUT2D eigenvalue weighted by atomic mass is 10.1. The lowest BCUT2D eigenvalue weighted by Crippen LogP contribution is -2.29. The van der Waals surface area contributed by atoms with Crippen LogP contribution in [0.1, 0.15) is 0 Å². The molecular weight excluding hydrogens is 238 g/mol. The monoisotopic (exact) mass is 253 g/mol. The molecule has 0 atom stereocenters. The summed E-state index contributed by atoms with van der Waals surface area (Å²) in [5.74, 6) is -0.823. The zero-order valence-electron chi connectivity index (χ0n) is 10.6. The van der Waals surface area contributed by atoms with Crippen molar-refractivity contribution < 1.29 is 9.59 Å². The maximum Gasteiger partial charge on any atom is 0.266 e. The first-order valence-corrected chi connectivity index (χ1v) is 5.61. The van der Waals surface area contributed by atoms with E-state index >= 15 is 0 Å². The highest BCUT2D eigenvalue weighted by Crippen LogP contribution is 2.24. The average Bonchev–Trinajstić information content (AvgIpc) is 2.69. The first kappa shape index (κ1) is 14.4. The molecule has 1 rings (SSSR count). The Hall–Kier alpha value is -2.68. The van der Waals surface area contributed by atoms with Gasteiger partial charge in [-0.2, -0.15) is 0 Å². The second kappa shape index (κ2) is 6.31. The van der Waals surface area contributed by atoms with Gasteiger partial charge in [0.15, 0.2) is 0 Å². The minimum absolute atomic E-state index is 0.289. The molecule has 0 aromatic heterocycles. The maximum atomic E-state index is 12.3. The molecule has 1 aliphatic rings. The van der Waals surface area contributed by atoms with Gasteiger partial charge in [0, 0.05) is 6.08 Å². The Labute approximate surface area is 112 Å². The molecule has 96 valence electrons. The van der Waals surface area contributed by atoms with E-state index in [1.54, 1.807) is 12.2 Å². The summed E-state index contributed by atoms with van der Waals surface area (Å²) in [6, 6.07) is 0. The van der Waals surface area contributed by atoms with Crippen LogP contribution in [0.15, 0.2) is 85.7 Å². The second-order valence-electron chi connectivity index (χ2n) is 3.63. The van der Waals surface area contributed by atoms with Crippen LogP contribution in [0.5, 0.6) is 0 Å². The first-order chi connectivity index (χ1) is 9.10. The standard InChI is InChI=1S/C16H15NO2/c1-5-9-12(7-3)14-11-15(18)17(16(14)19)13(8-4)10-6-2/h5-11H,1-4H2/b12-9+,13-10+. The fourth-order valence-corrected chi connectivity index (χ4v) is 1.67. The van der Waals surface area contributed by atoms with E-state index in [1.807, 2.05) is 0 Å². The number of hydrogen-bond donors (Lipinski definition) is 0. The topological polar surface area (TPSA) is 37.4 Å². The summed E-state index contributed by atoms with van der Waals surface area (Å²) in [5.41, 5.74) is 1.23. The van der Waals surface area contributed by atoms with Crippen LogP contribution in [0.2, 0.25) is 0 Å². The molecule has 0 saturated carbocycles. The van der Waals surface area contributed by atoms with Crippen molar-refractivity contribution in [3.05, 3.63) is 85.7 Å². The van der Waals surface area contributed by atoms with Crippen molar-refractivity contribution >= 4 is 11.8 Å². The largest absolute Gasteiger partial charge is 0.269 e. The second-order valence-corrected chi connectivity index (χ2v) is 3.63. The lowest BCUT2D eigenvalue weighted by Gasteiger charge is -2.15. The van der Waals surface area contributed by atoms with E-state index in [2.05, 4.69) is 26.3 Å². The number of rotatable bonds is 6. The van der Waals surface area contributed by atoms with Crippen molar-refractivity contribution in [2.24, 2.45) is 0 Å². The summed E-state index contributed by atoms with van der Waals surface area (Å²) in [7, 11) is 0. The van der Waals surface area contributed by atoms with Gasteiger partial charge >= 0.3 is 0 Å². The molecule has 3 nitrogen and oxygen atoms in total. The van der Waals surface area contributed by atoms with E-state index in [1.165, 1.54) is 30.4 Å². The minimum Gasteiger partial charge on any atom is -0.269 e. The van der Waals surface area contributed by atoms with E-state index in [0.29, 0.717) is 11.3 Å². The normalized spacial score (nSPS) is 16.2. The predicted octanol–water partition coefficient (Wildman–Crippen LogP) is 2.84. The molecule has 1 heterocycles. The highest BCUT2D eigenvalue weighted by Gasteiger charge is 2.33. The molecule has 0 aliphatic carbocycles. The Bertz CT molecular complexity index is 559. The van der Waals surface area contributed by atoms with Crippen molar-refractivity contribution in [2.45, 2.75) is 0 Å². The Kier molecular flexibility index (Phi) is 4.77. The van der Waals surface area contributed by atoms with Gasteiger partial charge in [0.2, 0.25) is 0 Å². The van der Waals surface area contributed by atoms with Crippen LogP contribution in [0, 0.1) is 0 Å². The molecule has 0 bridgehead atoms. The summed E-state index contributed by atoms with van der Waals surface area (Å²) >= 11 is 0. The van der Waals surface area contributed by atoms with Crippen LogP contribution >= 0.6 is 0 Å². The van der Waals surface area contributed by atoms with Crippen LogP contribution in [0.4, 0.5) is 0 Å². The Morgan fingerprint density at radius 1 is 1.00 bits per heavy atom. The number of imide groups is 1. The van der Waals surface area contributed by atoms with Crippen LogP contribution in [-0.4, -0.2) is 16.7 Å². The van der Waals surface area contributed by atoms with Crippen molar-refractivity contribution in [3.63, 3.8) is 0 Å². The first-order valence-electron chi connectivity index (χ1n) is 5.61.